The van der Waals surface area contributed by atoms with E-state index in [1.165, 1.54) is 0 Å². The fourth-order valence-electron chi connectivity index (χ4n) is 0. The summed E-state index contributed by atoms with van der Waals surface area (Å²) in [4.78, 5) is 3.77. The molecule has 28 valence electrons. The first-order chi connectivity index (χ1) is 1.73. The Labute approximate surface area is 52.8 Å². The van der Waals surface area contributed by atoms with Crippen LogP contribution in [-0.2, 0) is 0 Å². The summed E-state index contributed by atoms with van der Waals surface area (Å²) in [5.74, 6) is 0. The van der Waals surface area contributed by atoms with Crippen molar-refractivity contribution in [1.82, 2.24) is 0 Å². The van der Waals surface area contributed by atoms with E-state index in [2.05, 4.69) is 42.2 Å². The van der Waals surface area contributed by atoms with E-state index in [4.69, 9.17) is 0 Å². The Morgan fingerprint density at radius 3 is 1.50 bits per heavy atom. The van der Waals surface area contributed by atoms with Crippen LogP contribution in [0.4, 0.5) is 0 Å². The number of rotatable bonds is 0. The molecule has 0 rings (SSSR count). The first-order valence-electron chi connectivity index (χ1n) is 0.553. The van der Waals surface area contributed by atoms with Crippen molar-refractivity contribution in [1.29, 1.82) is 0 Å². The molecule has 0 aromatic heterocycles. The molecule has 0 bridgehead atoms. The van der Waals surface area contributed by atoms with Crippen LogP contribution in [0.5, 0.6) is 0 Å². The van der Waals surface area contributed by atoms with Gasteiger partial charge >= 0.3 is 54.0 Å². The van der Waals surface area contributed by atoms with Crippen LogP contribution in [0.1, 0.15) is 0 Å². The Morgan fingerprint density at radius 1 is 1.50 bits per heavy atom. The topological polar surface area (TPSA) is 0 Å². The molecular formula is CH2I3-. The molecular weight excluding hydrogens is 393 g/mol. The molecule has 0 spiro atoms. The molecule has 0 aliphatic heterocycles. The molecule has 0 aliphatic rings. The van der Waals surface area contributed by atoms with E-state index in [0.29, 0.717) is 0 Å². The second-order valence-electron chi connectivity index (χ2n) is 0.256. The third-order valence-electron chi connectivity index (χ3n) is 0. The average molecular weight is 395 g/mol. The molecule has 0 aromatic rings. The summed E-state index contributed by atoms with van der Waals surface area (Å²) in [6.45, 7) is 0. The van der Waals surface area contributed by atoms with Crippen molar-refractivity contribution < 1.29 is 0 Å². The molecule has 0 amide bonds. The maximum absolute atomic E-state index is 3.77. The molecule has 0 nitrogen and oxygen atoms in total. The second kappa shape index (κ2) is 3.38. The Bertz CT molecular complexity index is 8.00. The summed E-state index contributed by atoms with van der Waals surface area (Å²) in [6.07, 6.45) is 0. The minimum absolute atomic E-state index is 0.573. The molecule has 0 radical (unpaired) electrons. The first kappa shape index (κ1) is 6.19. The van der Waals surface area contributed by atoms with Gasteiger partial charge < -0.3 is 0 Å². The van der Waals surface area contributed by atoms with E-state index in [-0.39, 0.29) is 0 Å². The molecule has 0 saturated heterocycles. The van der Waals surface area contributed by atoms with Crippen LogP contribution >= 0.6 is 49.1 Å². The molecule has 0 N–H and O–H groups in total. The van der Waals surface area contributed by atoms with E-state index in [1.807, 2.05) is 0 Å². The predicted molar refractivity (Wildman–Crippen MR) is 47.4 cm³/mol. The van der Waals surface area contributed by atoms with Gasteiger partial charge in [0.05, 0.1) is 0 Å². The second-order valence-corrected chi connectivity index (χ2v) is 25.4. The monoisotopic (exact) mass is 395 g/mol. The minimum atomic E-state index is -0.573. The van der Waals surface area contributed by atoms with Crippen LogP contribution in [0.25, 0.3) is 0 Å². The fraction of sp³-hybridized carbons (Fsp3) is 0. The average Bonchev–Trinajstić information content (AvgIpc) is 0.811. The first-order valence-corrected chi connectivity index (χ1v) is 14.6. The van der Waals surface area contributed by atoms with E-state index in [0.717, 1.165) is 0 Å². The molecule has 0 fully saturated rings. The number of hydrogen-bond donors (Lipinski definition) is 0. The third-order valence-corrected chi connectivity index (χ3v) is 0. The van der Waals surface area contributed by atoms with E-state index >= 15 is 0 Å². The van der Waals surface area contributed by atoms with Gasteiger partial charge in [0.25, 0.3) is 0 Å². The molecule has 3 heteroatoms. The van der Waals surface area contributed by atoms with Crippen LogP contribution in [0.3, 0.4) is 0 Å². The van der Waals surface area contributed by atoms with Crippen LogP contribution in [0.15, 0.2) is 0 Å². The zero-order valence-corrected chi connectivity index (χ0v) is 8.31. The molecule has 4 heavy (non-hydrogen) atoms. The van der Waals surface area contributed by atoms with Crippen molar-refractivity contribution in [3.05, 3.63) is 4.93 Å². The van der Waals surface area contributed by atoms with E-state index < -0.39 is 11.9 Å². The van der Waals surface area contributed by atoms with Crippen molar-refractivity contribution in [3.63, 3.8) is 0 Å². The summed E-state index contributed by atoms with van der Waals surface area (Å²) in [5.41, 5.74) is 0. The molecule has 0 aliphatic carbocycles. The predicted octanol–water partition coefficient (Wildman–Crippen LogP) is 2.98. The Kier molecular flexibility index (Phi) is 5.23. The molecule has 0 unspecified atom stereocenters. The standard InChI is InChI=1S/CH2I3/c1-4(2)3/h1H2/q-1. The van der Waals surface area contributed by atoms with E-state index in [1.54, 1.807) is 0 Å². The van der Waals surface area contributed by atoms with Gasteiger partial charge in [-0.1, -0.05) is 0 Å². The Morgan fingerprint density at radius 2 is 1.50 bits per heavy atom. The van der Waals surface area contributed by atoms with Gasteiger partial charge in [0.1, 0.15) is 0 Å². The van der Waals surface area contributed by atoms with Crippen molar-refractivity contribution in [2.24, 2.45) is 0 Å². The van der Waals surface area contributed by atoms with Crippen LogP contribution in [-0.4, -0.2) is 0 Å². The normalized spacial score (nSPS) is 11.2. The fourth-order valence-corrected chi connectivity index (χ4v) is 0. The zero-order chi connectivity index (χ0) is 3.58. The van der Waals surface area contributed by atoms with Gasteiger partial charge in [-0.15, -0.1) is 0 Å². The van der Waals surface area contributed by atoms with Crippen molar-refractivity contribution >= 4 is 49.1 Å². The van der Waals surface area contributed by atoms with Gasteiger partial charge in [-0.25, -0.2) is 0 Å². The Balaban J connectivity index is 2.32. The molecule has 0 atom stereocenters. The van der Waals surface area contributed by atoms with Gasteiger partial charge in [0.2, 0.25) is 0 Å². The van der Waals surface area contributed by atoms with Crippen LogP contribution < -0.4 is 0 Å². The summed E-state index contributed by atoms with van der Waals surface area (Å²) in [7, 11) is 0. The SMILES string of the molecule is [CH2-]I(I)I. The summed E-state index contributed by atoms with van der Waals surface area (Å²) >= 11 is 4.18. The molecule has 0 heterocycles. The van der Waals surface area contributed by atoms with Gasteiger partial charge in [0.15, 0.2) is 0 Å². The van der Waals surface area contributed by atoms with E-state index in [9.17, 15) is 0 Å². The van der Waals surface area contributed by atoms with Gasteiger partial charge in [-0.05, 0) is 0 Å². The van der Waals surface area contributed by atoms with Gasteiger partial charge in [-0.2, -0.15) is 0 Å². The van der Waals surface area contributed by atoms with Crippen molar-refractivity contribution in [2.75, 3.05) is 0 Å². The number of halogens is 3. The summed E-state index contributed by atoms with van der Waals surface area (Å²) in [5, 5.41) is 0. The number of hydrogen-bond acceptors (Lipinski definition) is 0. The molecule has 0 aromatic carbocycles. The van der Waals surface area contributed by atoms with Crippen LogP contribution in [0.2, 0.25) is 0 Å². The zero-order valence-electron chi connectivity index (χ0n) is 1.84. The quantitative estimate of drug-likeness (QED) is 0.438. The maximum atomic E-state index is 3.77. The molecule has 0 saturated carbocycles. The van der Waals surface area contributed by atoms with Crippen LogP contribution in [0, 0.1) is 4.93 Å². The summed E-state index contributed by atoms with van der Waals surface area (Å²) < 4.78 is 0. The van der Waals surface area contributed by atoms with Crippen molar-refractivity contribution in [2.45, 2.75) is 0 Å². The third kappa shape index (κ3) is 8.89. The van der Waals surface area contributed by atoms with Crippen molar-refractivity contribution in [3.8, 4) is 0 Å². The summed E-state index contributed by atoms with van der Waals surface area (Å²) in [6, 6.07) is 0. The van der Waals surface area contributed by atoms with Gasteiger partial charge in [0, 0.05) is 0 Å². The Hall–Kier alpha value is 2.19. The van der Waals surface area contributed by atoms with Gasteiger partial charge in [-0.3, -0.25) is 0 Å².